The number of carbonyl (C=O) groups is 2. The van der Waals surface area contributed by atoms with Gasteiger partial charge in [0, 0.05) is 19.8 Å². The van der Waals surface area contributed by atoms with Gasteiger partial charge in [-0.3, -0.25) is 14.5 Å². The maximum Gasteiger partial charge on any atom is 0.293 e. The summed E-state index contributed by atoms with van der Waals surface area (Å²) in [6.07, 6.45) is 5.44. The summed E-state index contributed by atoms with van der Waals surface area (Å²) in [6.45, 7) is 0.304. The molecule has 0 saturated carbocycles. The van der Waals surface area contributed by atoms with E-state index in [1.54, 1.807) is 6.08 Å². The summed E-state index contributed by atoms with van der Waals surface area (Å²) in [5.74, 6) is -0.239. The zero-order valence-corrected chi connectivity index (χ0v) is 15.6. The third-order valence-electron chi connectivity index (χ3n) is 4.00. The summed E-state index contributed by atoms with van der Waals surface area (Å²) < 4.78 is 0. The molecule has 1 heterocycles. The Labute approximate surface area is 157 Å². The molecule has 2 amide bonds. The van der Waals surface area contributed by atoms with Gasteiger partial charge in [-0.15, -0.1) is 0 Å². The summed E-state index contributed by atoms with van der Waals surface area (Å²) in [6, 6.07) is 17.6. The van der Waals surface area contributed by atoms with Crippen molar-refractivity contribution in [1.29, 1.82) is 0 Å². The number of allylic oxidation sites excluding steroid dienone is 2. The molecule has 0 aromatic heterocycles. The largest absolute Gasteiger partial charge is 0.378 e. The third kappa shape index (κ3) is 4.24. The molecule has 2 aromatic carbocycles. The lowest BCUT2D eigenvalue weighted by Gasteiger charge is -2.12. The van der Waals surface area contributed by atoms with E-state index in [-0.39, 0.29) is 11.1 Å². The summed E-state index contributed by atoms with van der Waals surface area (Å²) in [5.41, 5.74) is 3.10. The van der Waals surface area contributed by atoms with Gasteiger partial charge in [0.1, 0.15) is 0 Å². The van der Waals surface area contributed by atoms with Crippen molar-refractivity contribution in [3.05, 3.63) is 82.8 Å². The minimum Gasteiger partial charge on any atom is -0.378 e. The van der Waals surface area contributed by atoms with Crippen LogP contribution in [-0.2, 0) is 11.3 Å². The molecule has 1 saturated heterocycles. The van der Waals surface area contributed by atoms with Crippen LogP contribution in [0, 0.1) is 0 Å². The maximum atomic E-state index is 12.5. The minimum absolute atomic E-state index is 0.228. The van der Waals surface area contributed by atoms with Crippen molar-refractivity contribution in [3.8, 4) is 0 Å². The number of carbonyl (C=O) groups excluding carboxylic acids is 2. The van der Waals surface area contributed by atoms with Crippen molar-refractivity contribution in [1.82, 2.24) is 4.90 Å². The van der Waals surface area contributed by atoms with Gasteiger partial charge in [0.15, 0.2) is 0 Å². The quantitative estimate of drug-likeness (QED) is 0.730. The molecule has 0 spiro atoms. The highest BCUT2D eigenvalue weighted by Crippen LogP contribution is 2.31. The highest BCUT2D eigenvalue weighted by Gasteiger charge is 2.34. The maximum absolute atomic E-state index is 12.5. The highest BCUT2D eigenvalue weighted by molar-refractivity contribution is 8.18. The van der Waals surface area contributed by atoms with Crippen molar-refractivity contribution in [3.63, 3.8) is 0 Å². The fourth-order valence-corrected chi connectivity index (χ4v) is 3.34. The molecule has 1 aliphatic heterocycles. The molecule has 0 aliphatic carbocycles. The first-order valence-corrected chi connectivity index (χ1v) is 9.09. The summed E-state index contributed by atoms with van der Waals surface area (Å²) in [7, 11) is 3.99. The zero-order chi connectivity index (χ0) is 18.5. The predicted octanol–water partition coefficient (Wildman–Crippen LogP) is 4.55. The number of rotatable bonds is 5. The number of nitrogens with zero attached hydrogens (tertiary/aromatic N) is 2. The van der Waals surface area contributed by atoms with E-state index in [0.717, 1.165) is 28.6 Å². The second kappa shape index (κ2) is 8.06. The van der Waals surface area contributed by atoms with Crippen molar-refractivity contribution < 1.29 is 9.59 Å². The van der Waals surface area contributed by atoms with Crippen LogP contribution in [0.2, 0.25) is 0 Å². The van der Waals surface area contributed by atoms with Gasteiger partial charge in [0.25, 0.3) is 11.1 Å². The van der Waals surface area contributed by atoms with Crippen LogP contribution in [0.1, 0.15) is 11.1 Å². The lowest BCUT2D eigenvalue weighted by Crippen LogP contribution is -2.27. The predicted molar refractivity (Wildman–Crippen MR) is 108 cm³/mol. The first-order chi connectivity index (χ1) is 12.5. The number of hydrogen-bond donors (Lipinski definition) is 0. The van der Waals surface area contributed by atoms with Crippen LogP contribution in [0.3, 0.4) is 0 Å². The molecule has 4 nitrogen and oxygen atoms in total. The topological polar surface area (TPSA) is 40.6 Å². The van der Waals surface area contributed by atoms with Gasteiger partial charge in [-0.25, -0.2) is 0 Å². The van der Waals surface area contributed by atoms with E-state index < -0.39 is 0 Å². The second-order valence-electron chi connectivity index (χ2n) is 6.12. The highest BCUT2D eigenvalue weighted by atomic mass is 32.2. The summed E-state index contributed by atoms with van der Waals surface area (Å²) >= 11 is 0.983. The molecule has 0 radical (unpaired) electrons. The van der Waals surface area contributed by atoms with Crippen LogP contribution in [0.25, 0.3) is 6.08 Å². The Kier molecular flexibility index (Phi) is 5.58. The SMILES string of the molecule is CN(C)c1ccc(/C=C/C=C2\SC(=O)N(Cc3ccccc3)C2=O)cc1. The normalized spacial score (nSPS) is 16.1. The smallest absolute Gasteiger partial charge is 0.293 e. The Morgan fingerprint density at radius 1 is 1.00 bits per heavy atom. The van der Waals surface area contributed by atoms with E-state index in [4.69, 9.17) is 0 Å². The number of amides is 2. The molecule has 2 aromatic rings. The van der Waals surface area contributed by atoms with E-state index in [1.165, 1.54) is 4.90 Å². The zero-order valence-electron chi connectivity index (χ0n) is 14.8. The minimum atomic E-state index is -0.239. The lowest BCUT2D eigenvalue weighted by molar-refractivity contribution is -0.123. The fourth-order valence-electron chi connectivity index (χ4n) is 2.55. The van der Waals surface area contributed by atoms with E-state index in [0.29, 0.717) is 11.4 Å². The molecule has 3 rings (SSSR count). The van der Waals surface area contributed by atoms with E-state index in [2.05, 4.69) is 0 Å². The van der Waals surface area contributed by atoms with Gasteiger partial charge in [-0.2, -0.15) is 0 Å². The Balaban J connectivity index is 1.67. The molecule has 5 heteroatoms. The standard InChI is InChI=1S/C21H20N2O2S/c1-22(2)18-13-11-16(12-14-18)9-6-10-19-20(24)23(21(25)26-19)15-17-7-4-3-5-8-17/h3-14H,15H2,1-2H3/b9-6+,19-10-. The molecule has 1 aliphatic rings. The van der Waals surface area contributed by atoms with Gasteiger partial charge in [0.05, 0.1) is 11.4 Å². The second-order valence-corrected chi connectivity index (χ2v) is 7.11. The summed E-state index contributed by atoms with van der Waals surface area (Å²) in [5, 5.41) is -0.228. The molecule has 0 unspecified atom stereocenters. The monoisotopic (exact) mass is 364 g/mol. The average molecular weight is 364 g/mol. The van der Waals surface area contributed by atoms with Gasteiger partial charge in [-0.05, 0) is 41.1 Å². The number of benzene rings is 2. The van der Waals surface area contributed by atoms with E-state index >= 15 is 0 Å². The Bertz CT molecular complexity index is 855. The molecule has 0 atom stereocenters. The first kappa shape index (κ1) is 18.0. The number of imide groups is 1. The summed E-state index contributed by atoms with van der Waals surface area (Å²) in [4.78, 5) is 28.4. The van der Waals surface area contributed by atoms with Crippen LogP contribution in [0.15, 0.2) is 71.7 Å². The van der Waals surface area contributed by atoms with Gasteiger partial charge in [-0.1, -0.05) is 54.6 Å². The molecule has 26 heavy (non-hydrogen) atoms. The Morgan fingerprint density at radius 2 is 1.69 bits per heavy atom. The first-order valence-electron chi connectivity index (χ1n) is 8.28. The van der Waals surface area contributed by atoms with Crippen LogP contribution in [0.5, 0.6) is 0 Å². The van der Waals surface area contributed by atoms with Crippen molar-refractivity contribution >= 4 is 34.7 Å². The Morgan fingerprint density at radius 3 is 2.35 bits per heavy atom. The van der Waals surface area contributed by atoms with Gasteiger partial charge in [0.2, 0.25) is 0 Å². The molecule has 1 fully saturated rings. The van der Waals surface area contributed by atoms with E-state index in [1.807, 2.05) is 85.7 Å². The molecule has 0 bridgehead atoms. The molecule has 0 N–H and O–H groups in total. The van der Waals surface area contributed by atoms with Crippen molar-refractivity contribution in [2.24, 2.45) is 0 Å². The van der Waals surface area contributed by atoms with Crippen molar-refractivity contribution in [2.45, 2.75) is 6.54 Å². The molecule has 132 valence electrons. The van der Waals surface area contributed by atoms with E-state index in [9.17, 15) is 9.59 Å². The number of thioether (sulfide) groups is 1. The lowest BCUT2D eigenvalue weighted by atomic mass is 10.2. The van der Waals surface area contributed by atoms with Crippen LogP contribution >= 0.6 is 11.8 Å². The molecular weight excluding hydrogens is 344 g/mol. The van der Waals surface area contributed by atoms with Gasteiger partial charge >= 0.3 is 0 Å². The Hall–Kier alpha value is -2.79. The molecular formula is C21H20N2O2S. The fraction of sp³-hybridized carbons (Fsp3) is 0.143. The van der Waals surface area contributed by atoms with Crippen LogP contribution < -0.4 is 4.90 Å². The van der Waals surface area contributed by atoms with Crippen LogP contribution in [0.4, 0.5) is 10.5 Å². The average Bonchev–Trinajstić information content (AvgIpc) is 2.91. The third-order valence-corrected chi connectivity index (χ3v) is 4.93. The number of anilines is 1. The van der Waals surface area contributed by atoms with Crippen molar-refractivity contribution in [2.75, 3.05) is 19.0 Å². The number of hydrogen-bond acceptors (Lipinski definition) is 4. The van der Waals surface area contributed by atoms with Gasteiger partial charge < -0.3 is 4.90 Å². The van der Waals surface area contributed by atoms with Crippen LogP contribution in [-0.4, -0.2) is 30.1 Å².